The minimum absolute atomic E-state index is 0.127. The number of pyridine rings is 1. The van der Waals surface area contributed by atoms with Gasteiger partial charge in [-0.05, 0) is 85.8 Å². The highest BCUT2D eigenvalue weighted by Gasteiger charge is 2.33. The molecule has 0 fully saturated rings. The molecule has 2 N–H and O–H groups in total. The number of fused-ring (bicyclic) bond motifs is 2. The van der Waals surface area contributed by atoms with Gasteiger partial charge in [-0.25, -0.2) is 0 Å². The van der Waals surface area contributed by atoms with Crippen LogP contribution in [0.4, 0.5) is 0 Å². The highest BCUT2D eigenvalue weighted by molar-refractivity contribution is 7.80. The van der Waals surface area contributed by atoms with Crippen LogP contribution in [0.2, 0.25) is 0 Å². The van der Waals surface area contributed by atoms with Crippen molar-refractivity contribution in [2.45, 2.75) is 32.7 Å². The Morgan fingerprint density at radius 2 is 1.91 bits per heavy atom. The van der Waals surface area contributed by atoms with Crippen LogP contribution in [0, 0.1) is 6.92 Å². The first-order chi connectivity index (χ1) is 17.0. The summed E-state index contributed by atoms with van der Waals surface area (Å²) in [5.41, 5.74) is 4.58. The van der Waals surface area contributed by atoms with Gasteiger partial charge >= 0.3 is 0 Å². The molecule has 0 amide bonds. The zero-order valence-electron chi connectivity index (χ0n) is 20.8. The Kier molecular flexibility index (Phi) is 7.93. The van der Waals surface area contributed by atoms with Crippen molar-refractivity contribution in [2.24, 2.45) is 0 Å². The molecule has 0 radical (unpaired) electrons. The van der Waals surface area contributed by atoms with E-state index in [1.54, 1.807) is 14.2 Å². The van der Waals surface area contributed by atoms with E-state index in [-0.39, 0.29) is 11.6 Å². The molecule has 0 saturated heterocycles. The third kappa shape index (κ3) is 5.28. The van der Waals surface area contributed by atoms with Crippen LogP contribution in [-0.2, 0) is 11.2 Å². The molecule has 2 aromatic carbocycles. The lowest BCUT2D eigenvalue weighted by atomic mass is 9.88. The molecule has 3 aromatic rings. The number of hydrogen-bond donors (Lipinski definition) is 2. The number of thiocarbonyl (C=S) groups is 1. The van der Waals surface area contributed by atoms with E-state index >= 15 is 0 Å². The maximum absolute atomic E-state index is 13.4. The Balaban J connectivity index is 1.79. The molecule has 4 rings (SSSR count). The highest BCUT2D eigenvalue weighted by Crippen LogP contribution is 2.40. The number of ether oxygens (including phenoxy) is 3. The summed E-state index contributed by atoms with van der Waals surface area (Å²) in [6.07, 6.45) is 1.63. The number of aromatic amines is 1. The molecule has 1 aliphatic heterocycles. The van der Waals surface area contributed by atoms with Crippen LogP contribution in [0.3, 0.4) is 0 Å². The Labute approximate surface area is 211 Å². The van der Waals surface area contributed by atoms with Crippen LogP contribution >= 0.6 is 12.2 Å². The van der Waals surface area contributed by atoms with Crippen molar-refractivity contribution in [1.29, 1.82) is 0 Å². The van der Waals surface area contributed by atoms with Gasteiger partial charge in [0.25, 0.3) is 5.56 Å². The predicted molar refractivity (Wildman–Crippen MR) is 143 cm³/mol. The molecule has 7 nitrogen and oxygen atoms in total. The predicted octanol–water partition coefficient (Wildman–Crippen LogP) is 4.10. The van der Waals surface area contributed by atoms with E-state index in [4.69, 9.17) is 26.4 Å². The average Bonchev–Trinajstić information content (AvgIpc) is 2.86. The number of hydrogen-bond acceptors (Lipinski definition) is 5. The fourth-order valence-electron chi connectivity index (χ4n) is 4.66. The molecule has 0 bridgehead atoms. The van der Waals surface area contributed by atoms with Gasteiger partial charge in [0, 0.05) is 37.4 Å². The van der Waals surface area contributed by atoms with Crippen LogP contribution < -0.4 is 20.3 Å². The summed E-state index contributed by atoms with van der Waals surface area (Å²) in [5.74, 6) is 1.31. The molecule has 8 heteroatoms. The molecule has 0 unspecified atom stereocenters. The van der Waals surface area contributed by atoms with Gasteiger partial charge in [0.15, 0.2) is 16.6 Å². The molecule has 35 heavy (non-hydrogen) atoms. The van der Waals surface area contributed by atoms with Gasteiger partial charge in [-0.1, -0.05) is 11.6 Å². The number of nitrogens with zero attached hydrogens (tertiary/aromatic N) is 1. The SMILES string of the molecule is CCOCCCNC(=S)N1CCc2cc(OC)c(OC)cc2[C@@H]1c1cc2cc(C)ccc2[nH]c1=O. The summed E-state index contributed by atoms with van der Waals surface area (Å²) in [4.78, 5) is 18.6. The zero-order valence-corrected chi connectivity index (χ0v) is 21.6. The van der Waals surface area contributed by atoms with E-state index in [0.717, 1.165) is 40.4 Å². The van der Waals surface area contributed by atoms with Crippen molar-refractivity contribution in [2.75, 3.05) is 40.5 Å². The number of nitrogens with one attached hydrogen (secondary N) is 2. The maximum Gasteiger partial charge on any atom is 0.254 e. The van der Waals surface area contributed by atoms with E-state index in [0.29, 0.717) is 48.5 Å². The third-order valence-corrected chi connectivity index (χ3v) is 6.78. The fourth-order valence-corrected chi connectivity index (χ4v) is 4.96. The lowest BCUT2D eigenvalue weighted by Crippen LogP contribution is -2.47. The molecule has 186 valence electrons. The van der Waals surface area contributed by atoms with Crippen molar-refractivity contribution in [3.63, 3.8) is 0 Å². The first kappa shape index (κ1) is 25.0. The van der Waals surface area contributed by atoms with Gasteiger partial charge in [-0.3, -0.25) is 4.79 Å². The lowest BCUT2D eigenvalue weighted by molar-refractivity contribution is 0.145. The van der Waals surface area contributed by atoms with Crippen LogP contribution in [-0.4, -0.2) is 55.5 Å². The van der Waals surface area contributed by atoms with Gasteiger partial charge in [-0.2, -0.15) is 0 Å². The topological polar surface area (TPSA) is 75.8 Å². The first-order valence-electron chi connectivity index (χ1n) is 12.0. The minimum atomic E-state index is -0.362. The van der Waals surface area contributed by atoms with Crippen molar-refractivity contribution >= 4 is 28.2 Å². The number of methoxy groups -OCH3 is 2. The maximum atomic E-state index is 13.4. The molecule has 0 aliphatic carbocycles. The second-order valence-electron chi connectivity index (χ2n) is 8.68. The smallest absolute Gasteiger partial charge is 0.254 e. The van der Waals surface area contributed by atoms with Gasteiger partial charge in [-0.15, -0.1) is 0 Å². The van der Waals surface area contributed by atoms with Crippen LogP contribution in [0.15, 0.2) is 41.2 Å². The second-order valence-corrected chi connectivity index (χ2v) is 9.07. The van der Waals surface area contributed by atoms with Gasteiger partial charge in [0.2, 0.25) is 0 Å². The van der Waals surface area contributed by atoms with Crippen molar-refractivity contribution in [1.82, 2.24) is 15.2 Å². The second kappa shape index (κ2) is 11.1. The van der Waals surface area contributed by atoms with Gasteiger partial charge in [0.05, 0.1) is 20.3 Å². The first-order valence-corrected chi connectivity index (χ1v) is 12.4. The van der Waals surface area contributed by atoms with Crippen LogP contribution in [0.5, 0.6) is 11.5 Å². The fraction of sp³-hybridized carbons (Fsp3) is 0.407. The Morgan fingerprint density at radius 3 is 2.66 bits per heavy atom. The van der Waals surface area contributed by atoms with E-state index < -0.39 is 0 Å². The van der Waals surface area contributed by atoms with E-state index in [2.05, 4.69) is 21.3 Å². The normalized spacial score (nSPS) is 15.1. The van der Waals surface area contributed by atoms with E-state index in [1.165, 1.54) is 0 Å². The number of H-pyrrole nitrogens is 1. The third-order valence-electron chi connectivity index (χ3n) is 6.40. The summed E-state index contributed by atoms with van der Waals surface area (Å²) >= 11 is 5.83. The van der Waals surface area contributed by atoms with Crippen LogP contribution in [0.25, 0.3) is 10.9 Å². The Bertz CT molecular complexity index is 1270. The van der Waals surface area contributed by atoms with Crippen molar-refractivity contribution in [3.8, 4) is 11.5 Å². The molecular weight excluding hydrogens is 462 g/mol. The quantitative estimate of drug-likeness (QED) is 0.360. The van der Waals surface area contributed by atoms with Crippen LogP contribution in [0.1, 0.15) is 41.6 Å². The highest BCUT2D eigenvalue weighted by atomic mass is 32.1. The largest absolute Gasteiger partial charge is 0.493 e. The standard InChI is InChI=1S/C27H33N3O4S/c1-5-34-12-6-10-28-27(35)30-11-9-18-15-23(32-3)24(33-4)16-20(18)25(30)21-14-19-13-17(2)7-8-22(19)29-26(21)31/h7-8,13-16,25H,5-6,9-12H2,1-4H3,(H,28,35)(H,29,31)/t25-/m1/s1. The van der Waals surface area contributed by atoms with Gasteiger partial charge in [0.1, 0.15) is 0 Å². The summed E-state index contributed by atoms with van der Waals surface area (Å²) in [6.45, 7) is 6.79. The molecule has 1 atom stereocenters. The Hall–Kier alpha value is -3.10. The summed E-state index contributed by atoms with van der Waals surface area (Å²) < 4.78 is 16.6. The Morgan fingerprint density at radius 1 is 1.14 bits per heavy atom. The lowest BCUT2D eigenvalue weighted by Gasteiger charge is -2.39. The summed E-state index contributed by atoms with van der Waals surface area (Å²) in [5, 5.41) is 4.98. The summed E-state index contributed by atoms with van der Waals surface area (Å²) in [7, 11) is 3.25. The molecule has 1 aromatic heterocycles. The number of rotatable bonds is 8. The number of aromatic nitrogens is 1. The zero-order chi connectivity index (χ0) is 24.9. The summed E-state index contributed by atoms with van der Waals surface area (Å²) in [6, 6.07) is 11.6. The van der Waals surface area contributed by atoms with Gasteiger partial charge < -0.3 is 29.4 Å². The average molecular weight is 496 g/mol. The molecule has 1 aliphatic rings. The molecular formula is C27H33N3O4S. The molecule has 0 saturated carbocycles. The van der Waals surface area contributed by atoms with E-state index in [9.17, 15) is 4.79 Å². The monoisotopic (exact) mass is 495 g/mol. The van der Waals surface area contributed by atoms with Crippen molar-refractivity contribution in [3.05, 3.63) is 69.0 Å². The number of aryl methyl sites for hydroxylation is 1. The number of benzene rings is 2. The minimum Gasteiger partial charge on any atom is -0.493 e. The van der Waals surface area contributed by atoms with E-state index in [1.807, 2.05) is 44.2 Å². The van der Waals surface area contributed by atoms with Crippen molar-refractivity contribution < 1.29 is 14.2 Å². The molecule has 0 spiro atoms. The molecule has 2 heterocycles.